The van der Waals surface area contributed by atoms with E-state index in [2.05, 4.69) is 35.8 Å². The lowest BCUT2D eigenvalue weighted by Gasteiger charge is -2.13. The van der Waals surface area contributed by atoms with Crippen molar-refractivity contribution in [1.29, 1.82) is 0 Å². The highest BCUT2D eigenvalue weighted by Gasteiger charge is 2.10. The first-order chi connectivity index (χ1) is 8.15. The summed E-state index contributed by atoms with van der Waals surface area (Å²) in [6.07, 6.45) is 0.955. The van der Waals surface area contributed by atoms with Gasteiger partial charge in [-0.1, -0.05) is 24.3 Å². The zero-order chi connectivity index (χ0) is 12.7. The fourth-order valence-electron chi connectivity index (χ4n) is 1.73. The Kier molecular flexibility index (Phi) is 5.70. The Labute approximate surface area is 104 Å². The predicted molar refractivity (Wildman–Crippen MR) is 71.0 cm³/mol. The lowest BCUT2D eigenvalue weighted by atomic mass is 10.1. The summed E-state index contributed by atoms with van der Waals surface area (Å²) in [7, 11) is 0. The summed E-state index contributed by atoms with van der Waals surface area (Å²) in [5.41, 5.74) is 2.64. The minimum atomic E-state index is -0.126. The van der Waals surface area contributed by atoms with Crippen molar-refractivity contribution in [3.05, 3.63) is 35.4 Å². The minimum Gasteiger partial charge on any atom is -0.355 e. The molecule has 3 nitrogen and oxygen atoms in total. The number of carbonyl (C=O) groups is 1. The molecule has 3 heteroatoms. The van der Waals surface area contributed by atoms with E-state index in [4.69, 9.17) is 0 Å². The number of hydrogen-bond acceptors (Lipinski definition) is 2. The number of likely N-dealkylation sites (N-methyl/N-ethyl adjacent to an activating group) is 1. The predicted octanol–water partition coefficient (Wildman–Crippen LogP) is 1.65. The molecule has 1 aromatic rings. The molecule has 1 unspecified atom stereocenters. The third kappa shape index (κ3) is 4.57. The van der Waals surface area contributed by atoms with Crippen LogP contribution in [0.2, 0.25) is 0 Å². The van der Waals surface area contributed by atoms with Crippen LogP contribution >= 0.6 is 0 Å². The van der Waals surface area contributed by atoms with Gasteiger partial charge in [-0.2, -0.15) is 0 Å². The Bertz CT molecular complexity index is 363. The van der Waals surface area contributed by atoms with Crippen LogP contribution in [0.5, 0.6) is 0 Å². The van der Waals surface area contributed by atoms with E-state index in [1.54, 1.807) is 0 Å². The highest BCUT2D eigenvalue weighted by Crippen LogP contribution is 2.06. The van der Waals surface area contributed by atoms with Gasteiger partial charge in [-0.25, -0.2) is 0 Å². The molecule has 0 radical (unpaired) electrons. The van der Waals surface area contributed by atoms with Gasteiger partial charge in [0.25, 0.3) is 0 Å². The van der Waals surface area contributed by atoms with Gasteiger partial charge in [0.1, 0.15) is 0 Å². The summed E-state index contributed by atoms with van der Waals surface area (Å²) in [6.45, 7) is 7.44. The van der Waals surface area contributed by atoms with Gasteiger partial charge >= 0.3 is 0 Å². The van der Waals surface area contributed by atoms with Crippen molar-refractivity contribution in [3.8, 4) is 0 Å². The molecule has 0 aromatic heterocycles. The van der Waals surface area contributed by atoms with Crippen molar-refractivity contribution < 1.29 is 4.79 Å². The fraction of sp³-hybridized carbons (Fsp3) is 0.500. The van der Waals surface area contributed by atoms with E-state index in [-0.39, 0.29) is 11.9 Å². The Balaban J connectivity index is 2.33. The largest absolute Gasteiger partial charge is 0.355 e. The average Bonchev–Trinajstić information content (AvgIpc) is 2.31. The Morgan fingerprint density at radius 1 is 1.35 bits per heavy atom. The van der Waals surface area contributed by atoms with Gasteiger partial charge in [0, 0.05) is 6.54 Å². The van der Waals surface area contributed by atoms with E-state index in [0.29, 0.717) is 6.54 Å². The lowest BCUT2D eigenvalue weighted by molar-refractivity contribution is -0.122. The first-order valence-electron chi connectivity index (χ1n) is 6.20. The van der Waals surface area contributed by atoms with E-state index < -0.39 is 0 Å². The normalized spacial score (nSPS) is 12.2. The number of amides is 1. The number of benzene rings is 1. The molecule has 1 rings (SSSR count). The van der Waals surface area contributed by atoms with Gasteiger partial charge in [-0.05, 0) is 44.9 Å². The maximum Gasteiger partial charge on any atom is 0.236 e. The van der Waals surface area contributed by atoms with E-state index in [1.807, 2.05) is 19.9 Å². The molecule has 17 heavy (non-hydrogen) atoms. The Hall–Kier alpha value is -1.35. The second-order valence-electron chi connectivity index (χ2n) is 4.25. The SMILES string of the molecule is CCNC(=O)C(C)NCCc1ccccc1C. The molecular formula is C14H22N2O. The van der Waals surface area contributed by atoms with Gasteiger partial charge in [0.05, 0.1) is 6.04 Å². The summed E-state index contributed by atoms with van der Waals surface area (Å²) in [4.78, 5) is 11.5. The molecule has 94 valence electrons. The number of hydrogen-bond donors (Lipinski definition) is 2. The average molecular weight is 234 g/mol. The Morgan fingerprint density at radius 2 is 2.06 bits per heavy atom. The van der Waals surface area contributed by atoms with Gasteiger partial charge in [0.2, 0.25) is 5.91 Å². The van der Waals surface area contributed by atoms with Gasteiger partial charge in [0.15, 0.2) is 0 Å². The minimum absolute atomic E-state index is 0.0669. The van der Waals surface area contributed by atoms with Gasteiger partial charge < -0.3 is 10.6 Å². The number of carbonyl (C=O) groups excluding carboxylic acids is 1. The maximum absolute atomic E-state index is 11.5. The second-order valence-corrected chi connectivity index (χ2v) is 4.25. The highest BCUT2D eigenvalue weighted by atomic mass is 16.2. The van der Waals surface area contributed by atoms with Crippen LogP contribution in [0.3, 0.4) is 0 Å². The molecule has 0 aliphatic heterocycles. The topological polar surface area (TPSA) is 41.1 Å². The summed E-state index contributed by atoms with van der Waals surface area (Å²) < 4.78 is 0. The third-order valence-electron chi connectivity index (χ3n) is 2.85. The molecule has 0 bridgehead atoms. The quantitative estimate of drug-likeness (QED) is 0.786. The van der Waals surface area contributed by atoms with Crippen LogP contribution in [-0.4, -0.2) is 25.0 Å². The molecule has 0 saturated carbocycles. The molecule has 0 aliphatic rings. The summed E-state index contributed by atoms with van der Waals surface area (Å²) in [5.74, 6) is 0.0669. The third-order valence-corrected chi connectivity index (χ3v) is 2.85. The highest BCUT2D eigenvalue weighted by molar-refractivity contribution is 5.81. The van der Waals surface area contributed by atoms with Gasteiger partial charge in [-0.15, -0.1) is 0 Å². The van der Waals surface area contributed by atoms with Crippen molar-refractivity contribution in [1.82, 2.24) is 10.6 Å². The van der Waals surface area contributed by atoms with Crippen LogP contribution < -0.4 is 10.6 Å². The number of nitrogens with one attached hydrogen (secondary N) is 2. The molecule has 1 atom stereocenters. The van der Waals surface area contributed by atoms with E-state index in [1.165, 1.54) is 11.1 Å². The van der Waals surface area contributed by atoms with Gasteiger partial charge in [-0.3, -0.25) is 4.79 Å². The zero-order valence-electron chi connectivity index (χ0n) is 10.9. The zero-order valence-corrected chi connectivity index (χ0v) is 10.9. The van der Waals surface area contributed by atoms with Crippen molar-refractivity contribution in [2.75, 3.05) is 13.1 Å². The van der Waals surface area contributed by atoms with Crippen molar-refractivity contribution >= 4 is 5.91 Å². The van der Waals surface area contributed by atoms with Crippen molar-refractivity contribution in [2.24, 2.45) is 0 Å². The van der Waals surface area contributed by atoms with E-state index >= 15 is 0 Å². The Morgan fingerprint density at radius 3 is 2.71 bits per heavy atom. The number of aryl methyl sites for hydroxylation is 1. The molecule has 0 heterocycles. The molecule has 0 saturated heterocycles. The second kappa shape index (κ2) is 7.07. The smallest absolute Gasteiger partial charge is 0.236 e. The molecule has 2 N–H and O–H groups in total. The van der Waals surface area contributed by atoms with Crippen molar-refractivity contribution in [2.45, 2.75) is 33.2 Å². The number of rotatable bonds is 6. The summed E-state index contributed by atoms with van der Waals surface area (Å²) in [6, 6.07) is 8.22. The maximum atomic E-state index is 11.5. The van der Waals surface area contributed by atoms with E-state index in [9.17, 15) is 4.79 Å². The molecular weight excluding hydrogens is 212 g/mol. The summed E-state index contributed by atoms with van der Waals surface area (Å²) >= 11 is 0. The molecule has 0 aliphatic carbocycles. The van der Waals surface area contributed by atoms with Crippen LogP contribution in [-0.2, 0) is 11.2 Å². The molecule has 1 amide bonds. The van der Waals surface area contributed by atoms with Crippen LogP contribution in [0.1, 0.15) is 25.0 Å². The molecule has 1 aromatic carbocycles. The van der Waals surface area contributed by atoms with Crippen LogP contribution in [0.4, 0.5) is 0 Å². The monoisotopic (exact) mass is 234 g/mol. The summed E-state index contributed by atoms with van der Waals surface area (Å²) in [5, 5.41) is 6.03. The first-order valence-corrected chi connectivity index (χ1v) is 6.20. The standard InChI is InChI=1S/C14H22N2O/c1-4-15-14(17)12(3)16-10-9-13-8-6-5-7-11(13)2/h5-8,12,16H,4,9-10H2,1-3H3,(H,15,17). The van der Waals surface area contributed by atoms with Crippen molar-refractivity contribution in [3.63, 3.8) is 0 Å². The van der Waals surface area contributed by atoms with Crippen LogP contribution in [0.15, 0.2) is 24.3 Å². The molecule has 0 fully saturated rings. The van der Waals surface area contributed by atoms with E-state index in [0.717, 1.165) is 13.0 Å². The molecule has 0 spiro atoms. The lowest BCUT2D eigenvalue weighted by Crippen LogP contribution is -2.42. The van der Waals surface area contributed by atoms with Crippen LogP contribution in [0, 0.1) is 6.92 Å². The van der Waals surface area contributed by atoms with Crippen LogP contribution in [0.25, 0.3) is 0 Å². The first kappa shape index (κ1) is 13.7. The fourth-order valence-corrected chi connectivity index (χ4v) is 1.73.